The zero-order chi connectivity index (χ0) is 13.2. The smallest absolute Gasteiger partial charge is 0.271 e. The van der Waals surface area contributed by atoms with Crippen molar-refractivity contribution in [1.82, 2.24) is 0 Å². The van der Waals surface area contributed by atoms with E-state index in [0.717, 1.165) is 18.2 Å². The molecular weight excluding hydrogens is 243 g/mol. The number of nitrogens with zero attached hydrogens (tertiary/aromatic N) is 1. The van der Waals surface area contributed by atoms with E-state index in [4.69, 9.17) is 4.74 Å². The van der Waals surface area contributed by atoms with Crippen LogP contribution in [0.2, 0.25) is 0 Å². The normalized spacial score (nSPS) is 17.0. The number of rotatable bonds is 5. The third kappa shape index (κ3) is 2.41. The molecule has 2 rings (SSSR count). The summed E-state index contributed by atoms with van der Waals surface area (Å²) in [6.45, 7) is 1.03. The summed E-state index contributed by atoms with van der Waals surface area (Å²) in [6.07, 6.45) is 0. The number of anilines is 1. The van der Waals surface area contributed by atoms with Gasteiger partial charge in [0.15, 0.2) is 0 Å². The maximum atomic E-state index is 13.5. The maximum absolute atomic E-state index is 13.5. The van der Waals surface area contributed by atoms with Crippen LogP contribution >= 0.6 is 0 Å². The Hall–Kier alpha value is -1.73. The summed E-state index contributed by atoms with van der Waals surface area (Å²) in [6, 6.07) is 3.29. The minimum absolute atomic E-state index is 0.0592. The van der Waals surface area contributed by atoms with E-state index in [0.29, 0.717) is 19.8 Å². The first-order chi connectivity index (χ1) is 8.56. The number of hydrogen-bond acceptors (Lipinski definition) is 5. The molecule has 1 heterocycles. The third-order valence-corrected chi connectivity index (χ3v) is 2.97. The molecule has 1 aromatic carbocycles. The Morgan fingerprint density at radius 2 is 2.28 bits per heavy atom. The van der Waals surface area contributed by atoms with Crippen molar-refractivity contribution in [2.45, 2.75) is 0 Å². The fourth-order valence-corrected chi connectivity index (χ4v) is 1.69. The molecule has 0 spiro atoms. The van der Waals surface area contributed by atoms with Crippen molar-refractivity contribution >= 4 is 11.4 Å². The van der Waals surface area contributed by atoms with Gasteiger partial charge in [0, 0.05) is 18.7 Å². The van der Waals surface area contributed by atoms with Gasteiger partial charge in [-0.05, 0) is 6.07 Å². The first-order valence-corrected chi connectivity index (χ1v) is 5.43. The summed E-state index contributed by atoms with van der Waals surface area (Å²) >= 11 is 0. The molecule has 1 saturated heterocycles. The Morgan fingerprint density at radius 3 is 2.78 bits per heavy atom. The predicted octanol–water partition coefficient (Wildman–Crippen LogP) is 1.15. The van der Waals surface area contributed by atoms with Crippen molar-refractivity contribution in [3.63, 3.8) is 0 Å². The minimum atomic E-state index is -0.584. The molecule has 6 nitrogen and oxygen atoms in total. The van der Waals surface area contributed by atoms with Crippen LogP contribution in [0.25, 0.3) is 0 Å². The summed E-state index contributed by atoms with van der Waals surface area (Å²) in [7, 11) is 0. The largest absolute Gasteiger partial charge is 0.396 e. The molecule has 0 amide bonds. The van der Waals surface area contributed by atoms with E-state index in [9.17, 15) is 19.6 Å². The molecule has 0 aromatic heterocycles. The van der Waals surface area contributed by atoms with Gasteiger partial charge < -0.3 is 15.2 Å². The number of aliphatic hydroxyl groups excluding tert-OH is 1. The second-order valence-corrected chi connectivity index (χ2v) is 4.43. The minimum Gasteiger partial charge on any atom is -0.396 e. The van der Waals surface area contributed by atoms with Crippen LogP contribution in [-0.4, -0.2) is 36.4 Å². The van der Waals surface area contributed by atoms with Gasteiger partial charge in [-0.1, -0.05) is 0 Å². The first-order valence-electron chi connectivity index (χ1n) is 5.43. The van der Waals surface area contributed by atoms with E-state index in [1.807, 2.05) is 0 Å². The molecule has 0 aliphatic carbocycles. The van der Waals surface area contributed by atoms with Crippen LogP contribution in [0.15, 0.2) is 18.2 Å². The fourth-order valence-electron chi connectivity index (χ4n) is 1.69. The molecule has 0 radical (unpaired) electrons. The molecule has 7 heteroatoms. The number of benzene rings is 1. The molecule has 18 heavy (non-hydrogen) atoms. The molecule has 2 N–H and O–H groups in total. The molecule has 1 aliphatic heterocycles. The van der Waals surface area contributed by atoms with Crippen molar-refractivity contribution in [3.8, 4) is 0 Å². The van der Waals surface area contributed by atoms with Crippen molar-refractivity contribution in [1.29, 1.82) is 0 Å². The Morgan fingerprint density at radius 1 is 1.56 bits per heavy atom. The van der Waals surface area contributed by atoms with Gasteiger partial charge in [-0.25, -0.2) is 4.39 Å². The topological polar surface area (TPSA) is 84.6 Å². The van der Waals surface area contributed by atoms with Crippen molar-refractivity contribution in [2.75, 3.05) is 31.7 Å². The Balaban J connectivity index is 2.08. The van der Waals surface area contributed by atoms with Gasteiger partial charge in [0.05, 0.1) is 35.8 Å². The lowest BCUT2D eigenvalue weighted by Gasteiger charge is -2.40. The summed E-state index contributed by atoms with van der Waals surface area (Å²) in [4.78, 5) is 10.0. The van der Waals surface area contributed by atoms with Crippen LogP contribution in [0.4, 0.5) is 15.8 Å². The van der Waals surface area contributed by atoms with Crippen molar-refractivity contribution in [3.05, 3.63) is 34.1 Å². The van der Waals surface area contributed by atoms with Crippen molar-refractivity contribution < 1.29 is 19.2 Å². The summed E-state index contributed by atoms with van der Waals surface area (Å²) in [5.41, 5.74) is -0.539. The number of non-ortho nitro benzene ring substituents is 1. The van der Waals surface area contributed by atoms with Gasteiger partial charge in [-0.2, -0.15) is 0 Å². The average molecular weight is 256 g/mol. The number of nitrogens with one attached hydrogen (secondary N) is 1. The fraction of sp³-hybridized carbons (Fsp3) is 0.455. The number of halogens is 1. The first kappa shape index (κ1) is 12.7. The monoisotopic (exact) mass is 256 g/mol. The molecular formula is C11H13FN2O4. The van der Waals surface area contributed by atoms with Crippen LogP contribution in [0.3, 0.4) is 0 Å². The predicted molar refractivity (Wildman–Crippen MR) is 61.9 cm³/mol. The molecule has 0 unspecified atom stereocenters. The molecule has 0 bridgehead atoms. The molecule has 1 fully saturated rings. The van der Waals surface area contributed by atoms with Crippen LogP contribution in [0, 0.1) is 21.3 Å². The van der Waals surface area contributed by atoms with E-state index >= 15 is 0 Å². The SMILES string of the molecule is O=[N+]([O-])c1ccc(F)c(NCC2(CO)COC2)c1. The Kier molecular flexibility index (Phi) is 3.44. The summed E-state index contributed by atoms with van der Waals surface area (Å²) < 4.78 is 18.5. The van der Waals surface area contributed by atoms with Gasteiger partial charge in [-0.3, -0.25) is 10.1 Å². The lowest BCUT2D eigenvalue weighted by atomic mass is 9.87. The van der Waals surface area contributed by atoms with E-state index in [1.165, 1.54) is 0 Å². The molecule has 1 aliphatic rings. The highest BCUT2D eigenvalue weighted by Gasteiger charge is 2.38. The van der Waals surface area contributed by atoms with Gasteiger partial charge in [-0.15, -0.1) is 0 Å². The third-order valence-electron chi connectivity index (χ3n) is 2.97. The lowest BCUT2D eigenvalue weighted by molar-refractivity contribution is -0.384. The number of nitro groups is 1. The molecule has 98 valence electrons. The van der Waals surface area contributed by atoms with Gasteiger partial charge in [0.25, 0.3) is 5.69 Å². The zero-order valence-corrected chi connectivity index (χ0v) is 9.56. The highest BCUT2D eigenvalue weighted by Crippen LogP contribution is 2.28. The van der Waals surface area contributed by atoms with Crippen LogP contribution in [0.5, 0.6) is 0 Å². The van der Waals surface area contributed by atoms with Crippen LogP contribution in [-0.2, 0) is 4.74 Å². The Labute approximate surface area is 103 Å². The molecule has 0 saturated carbocycles. The maximum Gasteiger partial charge on any atom is 0.271 e. The van der Waals surface area contributed by atoms with E-state index in [-0.39, 0.29) is 18.0 Å². The zero-order valence-electron chi connectivity index (χ0n) is 9.56. The van der Waals surface area contributed by atoms with Crippen LogP contribution in [0.1, 0.15) is 0 Å². The highest BCUT2D eigenvalue weighted by molar-refractivity contribution is 5.52. The molecule has 1 aromatic rings. The van der Waals surface area contributed by atoms with E-state index in [2.05, 4.69) is 5.32 Å². The van der Waals surface area contributed by atoms with Crippen molar-refractivity contribution in [2.24, 2.45) is 5.41 Å². The molecule has 0 atom stereocenters. The quantitative estimate of drug-likeness (QED) is 0.610. The number of nitro benzene ring substituents is 1. The Bertz CT molecular complexity index is 457. The van der Waals surface area contributed by atoms with Gasteiger partial charge in [0.2, 0.25) is 0 Å². The standard InChI is InChI=1S/C11H13FN2O4/c12-9-2-1-8(14(16)17)3-10(9)13-4-11(5-15)6-18-7-11/h1-3,13,15H,4-7H2. The summed E-state index contributed by atoms with van der Waals surface area (Å²) in [5.74, 6) is -0.561. The average Bonchev–Trinajstić information content (AvgIpc) is 2.30. The lowest BCUT2D eigenvalue weighted by Crippen LogP contribution is -2.50. The van der Waals surface area contributed by atoms with Crippen LogP contribution < -0.4 is 5.32 Å². The number of aliphatic hydroxyl groups is 1. The van der Waals surface area contributed by atoms with Gasteiger partial charge in [0.1, 0.15) is 5.82 Å². The highest BCUT2D eigenvalue weighted by atomic mass is 19.1. The summed E-state index contributed by atoms with van der Waals surface area (Å²) in [5, 5.41) is 22.6. The number of ether oxygens (including phenoxy) is 1. The van der Waals surface area contributed by atoms with E-state index in [1.54, 1.807) is 0 Å². The second kappa shape index (κ2) is 4.87. The second-order valence-electron chi connectivity index (χ2n) is 4.43. The number of hydrogen-bond donors (Lipinski definition) is 2. The van der Waals surface area contributed by atoms with Gasteiger partial charge >= 0.3 is 0 Å². The van der Waals surface area contributed by atoms with E-state index < -0.39 is 16.2 Å².